The fraction of sp³-hybridized carbons (Fsp3) is 0.714. The van der Waals surface area contributed by atoms with Crippen LogP contribution in [0.25, 0.3) is 0 Å². The smallest absolute Gasteiger partial charge is 0.369 e. The molecule has 0 aromatic carbocycles. The van der Waals surface area contributed by atoms with Crippen LogP contribution in [-0.4, -0.2) is 24.8 Å². The summed E-state index contributed by atoms with van der Waals surface area (Å²) in [6, 6.07) is 0. The summed E-state index contributed by atoms with van der Waals surface area (Å²) in [6.07, 6.45) is -4.60. The van der Waals surface area contributed by atoms with Gasteiger partial charge in [0.05, 0.1) is 0 Å². The van der Waals surface area contributed by atoms with E-state index in [1.165, 1.54) is 0 Å². The van der Waals surface area contributed by atoms with E-state index in [-0.39, 0.29) is 6.54 Å². The van der Waals surface area contributed by atoms with Gasteiger partial charge in [-0.3, -0.25) is 0 Å². The molecule has 0 aliphatic heterocycles. The molecule has 1 rings (SSSR count). The number of esters is 1. The van der Waals surface area contributed by atoms with E-state index in [0.717, 1.165) is 12.8 Å². The number of hydrogen-bond donors (Lipinski definition) is 1. The molecule has 1 saturated carbocycles. The van der Waals surface area contributed by atoms with Crippen LogP contribution in [0.2, 0.25) is 0 Å². The van der Waals surface area contributed by atoms with Gasteiger partial charge in [0, 0.05) is 6.54 Å². The van der Waals surface area contributed by atoms with Gasteiger partial charge in [0.25, 0.3) is 0 Å². The van der Waals surface area contributed by atoms with Crippen molar-refractivity contribution in [2.45, 2.75) is 19.0 Å². The molecule has 0 aromatic rings. The van der Waals surface area contributed by atoms with Gasteiger partial charge < -0.3 is 10.1 Å². The second kappa shape index (κ2) is 3.85. The van der Waals surface area contributed by atoms with E-state index in [0.29, 0.717) is 5.92 Å². The fourth-order valence-electron chi connectivity index (χ4n) is 0.728. The Morgan fingerprint density at radius 3 is 2.36 bits per heavy atom. The third kappa shape index (κ3) is 3.63. The lowest BCUT2D eigenvalue weighted by atomic mass is 10.4. The molecule has 4 nitrogen and oxygen atoms in total. The topological polar surface area (TPSA) is 55.4 Å². The van der Waals surface area contributed by atoms with E-state index in [9.17, 15) is 22.8 Å². The summed E-state index contributed by atoms with van der Waals surface area (Å²) in [4.78, 5) is 20.7. The maximum absolute atomic E-state index is 11.6. The van der Waals surface area contributed by atoms with Gasteiger partial charge in [-0.05, 0) is 18.8 Å². The quantitative estimate of drug-likeness (QED) is 0.551. The Morgan fingerprint density at radius 1 is 1.36 bits per heavy atom. The van der Waals surface area contributed by atoms with E-state index in [2.05, 4.69) is 10.1 Å². The molecule has 0 spiro atoms. The first-order chi connectivity index (χ1) is 6.39. The average Bonchev–Trinajstić information content (AvgIpc) is 2.81. The average molecular weight is 211 g/mol. The first-order valence-corrected chi connectivity index (χ1v) is 3.96. The summed E-state index contributed by atoms with van der Waals surface area (Å²) < 4.78 is 38.2. The van der Waals surface area contributed by atoms with Gasteiger partial charge in [-0.2, -0.15) is 13.2 Å². The van der Waals surface area contributed by atoms with E-state index in [1.54, 1.807) is 0 Å². The van der Waals surface area contributed by atoms with Crippen LogP contribution in [0, 0.1) is 5.92 Å². The summed E-state index contributed by atoms with van der Waals surface area (Å²) >= 11 is 0. The number of amides is 1. The standard InChI is InChI=1S/C7H8F3NO3/c8-7(9,10)5(12)14-6(13)11-3-4-1-2-4/h4H,1-3H2,(H,11,13). The number of carbonyl (C=O) groups is 2. The third-order valence-electron chi connectivity index (χ3n) is 1.65. The maximum atomic E-state index is 11.6. The zero-order chi connectivity index (χ0) is 10.8. The van der Waals surface area contributed by atoms with Crippen molar-refractivity contribution in [1.29, 1.82) is 0 Å². The highest BCUT2D eigenvalue weighted by Gasteiger charge is 2.42. The molecular weight excluding hydrogens is 203 g/mol. The van der Waals surface area contributed by atoms with Gasteiger partial charge in [-0.15, -0.1) is 0 Å². The minimum atomic E-state index is -5.13. The molecule has 7 heteroatoms. The predicted octanol–water partition coefficient (Wildman–Crippen LogP) is 1.21. The van der Waals surface area contributed by atoms with Crippen molar-refractivity contribution in [2.24, 2.45) is 5.92 Å². The molecular formula is C7H8F3NO3. The number of hydrogen-bond acceptors (Lipinski definition) is 3. The zero-order valence-electron chi connectivity index (χ0n) is 7.06. The monoisotopic (exact) mass is 211 g/mol. The lowest BCUT2D eigenvalue weighted by molar-refractivity contribution is -0.192. The molecule has 1 N–H and O–H groups in total. The van der Waals surface area contributed by atoms with E-state index in [1.807, 2.05) is 0 Å². The molecule has 0 bridgehead atoms. The summed E-state index contributed by atoms with van der Waals surface area (Å²) in [6.45, 7) is 0.254. The molecule has 0 heterocycles. The Hall–Kier alpha value is -1.27. The van der Waals surface area contributed by atoms with Crippen molar-refractivity contribution < 1.29 is 27.5 Å². The Labute approximate surface area is 77.4 Å². The molecule has 14 heavy (non-hydrogen) atoms. The van der Waals surface area contributed by atoms with Gasteiger partial charge in [0.2, 0.25) is 0 Å². The second-order valence-electron chi connectivity index (χ2n) is 3.00. The number of alkyl carbamates (subject to hydrolysis) is 1. The molecule has 1 aliphatic rings. The van der Waals surface area contributed by atoms with E-state index in [4.69, 9.17) is 0 Å². The van der Waals surface area contributed by atoms with E-state index >= 15 is 0 Å². The van der Waals surface area contributed by atoms with Crippen LogP contribution in [-0.2, 0) is 9.53 Å². The van der Waals surface area contributed by atoms with Crippen molar-refractivity contribution in [3.05, 3.63) is 0 Å². The number of nitrogens with one attached hydrogen (secondary N) is 1. The highest BCUT2D eigenvalue weighted by molar-refractivity contribution is 5.87. The summed E-state index contributed by atoms with van der Waals surface area (Å²) in [5.74, 6) is -2.19. The van der Waals surface area contributed by atoms with Gasteiger partial charge >= 0.3 is 18.2 Å². The van der Waals surface area contributed by atoms with Crippen LogP contribution in [0.5, 0.6) is 0 Å². The molecule has 1 amide bonds. The first kappa shape index (κ1) is 10.8. The molecule has 0 aromatic heterocycles. The SMILES string of the molecule is O=C(NCC1CC1)OC(=O)C(F)(F)F. The number of rotatable bonds is 2. The molecule has 0 atom stereocenters. The largest absolute Gasteiger partial charge is 0.491 e. The molecule has 1 aliphatic carbocycles. The Kier molecular flexibility index (Phi) is 2.97. The Morgan fingerprint density at radius 2 is 1.93 bits per heavy atom. The van der Waals surface area contributed by atoms with Crippen LogP contribution in [0.4, 0.5) is 18.0 Å². The van der Waals surface area contributed by atoms with Crippen molar-refractivity contribution >= 4 is 12.1 Å². The molecule has 0 radical (unpaired) electrons. The highest BCUT2D eigenvalue weighted by atomic mass is 19.4. The third-order valence-corrected chi connectivity index (χ3v) is 1.65. The zero-order valence-corrected chi connectivity index (χ0v) is 7.06. The lowest BCUT2D eigenvalue weighted by Gasteiger charge is -2.06. The van der Waals surface area contributed by atoms with Crippen LogP contribution in [0.15, 0.2) is 0 Å². The summed E-state index contributed by atoms with van der Waals surface area (Å²) in [5.41, 5.74) is 0. The molecule has 0 saturated heterocycles. The molecule has 0 unspecified atom stereocenters. The minimum Gasteiger partial charge on any atom is -0.369 e. The summed E-state index contributed by atoms with van der Waals surface area (Å²) in [5, 5.41) is 2.07. The van der Waals surface area contributed by atoms with Crippen molar-refractivity contribution in [3.8, 4) is 0 Å². The molecule has 80 valence electrons. The fourth-order valence-corrected chi connectivity index (χ4v) is 0.728. The van der Waals surface area contributed by atoms with Gasteiger partial charge in [0.1, 0.15) is 0 Å². The van der Waals surface area contributed by atoms with Gasteiger partial charge in [0.15, 0.2) is 0 Å². The van der Waals surface area contributed by atoms with Crippen LogP contribution in [0.3, 0.4) is 0 Å². The van der Waals surface area contributed by atoms with Gasteiger partial charge in [-0.1, -0.05) is 0 Å². The van der Waals surface area contributed by atoms with Crippen molar-refractivity contribution in [2.75, 3.05) is 6.54 Å². The first-order valence-electron chi connectivity index (χ1n) is 3.96. The van der Waals surface area contributed by atoms with Crippen molar-refractivity contribution in [1.82, 2.24) is 5.32 Å². The molecule has 1 fully saturated rings. The Bertz CT molecular complexity index is 247. The number of halogens is 3. The van der Waals surface area contributed by atoms with E-state index < -0.39 is 18.2 Å². The van der Waals surface area contributed by atoms with Crippen LogP contribution >= 0.6 is 0 Å². The van der Waals surface area contributed by atoms with Gasteiger partial charge in [-0.25, -0.2) is 9.59 Å². The number of alkyl halides is 3. The predicted molar refractivity (Wildman–Crippen MR) is 38.3 cm³/mol. The maximum Gasteiger partial charge on any atom is 0.491 e. The van der Waals surface area contributed by atoms with Crippen molar-refractivity contribution in [3.63, 3.8) is 0 Å². The normalized spacial score (nSPS) is 16.2. The highest BCUT2D eigenvalue weighted by Crippen LogP contribution is 2.27. The summed E-state index contributed by atoms with van der Waals surface area (Å²) in [7, 11) is 0. The second-order valence-corrected chi connectivity index (χ2v) is 3.00. The Balaban J connectivity index is 2.21. The number of ether oxygens (including phenoxy) is 1. The minimum absolute atomic E-state index is 0.254. The lowest BCUT2D eigenvalue weighted by Crippen LogP contribution is -2.34. The van der Waals surface area contributed by atoms with Crippen LogP contribution in [0.1, 0.15) is 12.8 Å². The van der Waals surface area contributed by atoms with Crippen LogP contribution < -0.4 is 5.32 Å². The number of carbonyl (C=O) groups excluding carboxylic acids is 2.